The molecule has 0 aliphatic heterocycles. The molecule has 1 aliphatic rings. The maximum Gasteiger partial charge on any atom is 0.258 e. The topological polar surface area (TPSA) is 39.9 Å². The quantitative estimate of drug-likeness (QED) is 0.672. The fraction of sp³-hybridized carbons (Fsp3) is 0.400. The zero-order valence-electron chi connectivity index (χ0n) is 15.1. The summed E-state index contributed by atoms with van der Waals surface area (Å²) < 4.78 is 34.6. The van der Waals surface area contributed by atoms with Crippen LogP contribution in [0.25, 0.3) is 10.9 Å². The summed E-state index contributed by atoms with van der Waals surface area (Å²) in [6.45, 7) is 7.48. The highest BCUT2D eigenvalue weighted by atomic mass is 19.2. The van der Waals surface area contributed by atoms with Gasteiger partial charge in [-0.25, -0.2) is 8.78 Å². The molecule has 0 bridgehead atoms. The first-order chi connectivity index (χ1) is 12.5. The van der Waals surface area contributed by atoms with Crippen molar-refractivity contribution in [3.8, 4) is 5.88 Å². The van der Waals surface area contributed by atoms with Crippen LogP contribution in [0.1, 0.15) is 30.2 Å². The van der Waals surface area contributed by atoms with E-state index in [4.69, 9.17) is 4.74 Å². The van der Waals surface area contributed by atoms with Crippen molar-refractivity contribution in [1.29, 1.82) is 0 Å². The predicted octanol–water partition coefficient (Wildman–Crippen LogP) is 4.56. The molecule has 2 atom stereocenters. The normalized spacial score (nSPS) is 19.1. The van der Waals surface area contributed by atoms with Crippen molar-refractivity contribution in [1.82, 2.24) is 14.8 Å². The summed E-state index contributed by atoms with van der Waals surface area (Å²) in [6.07, 6.45) is 3.00. The number of aromatic nitrogens is 3. The van der Waals surface area contributed by atoms with E-state index in [-0.39, 0.29) is 6.61 Å². The number of ether oxygens (including phenoxy) is 1. The number of hydrogen-bond donors (Lipinski definition) is 0. The lowest BCUT2D eigenvalue weighted by Gasteiger charge is -2.11. The Hall–Kier alpha value is -2.50. The van der Waals surface area contributed by atoms with Crippen molar-refractivity contribution in [3.63, 3.8) is 0 Å². The highest BCUT2D eigenvalue weighted by Gasteiger charge is 2.34. The molecule has 0 radical (unpaired) electrons. The molecule has 0 spiro atoms. The second-order valence-electron chi connectivity index (χ2n) is 7.24. The van der Waals surface area contributed by atoms with E-state index in [0.29, 0.717) is 17.4 Å². The first-order valence-corrected chi connectivity index (χ1v) is 8.83. The zero-order valence-corrected chi connectivity index (χ0v) is 15.1. The first kappa shape index (κ1) is 16.9. The molecule has 1 fully saturated rings. The molecule has 4 nitrogen and oxygen atoms in total. The molecule has 2 aromatic heterocycles. The van der Waals surface area contributed by atoms with Gasteiger partial charge in [0, 0.05) is 17.6 Å². The third-order valence-corrected chi connectivity index (χ3v) is 5.47. The standard InChI is InChI=1S/C20H21F2N3O/c1-11-6-15(11)9-25-13(3)12(2)16-8-23-24-20(19(16)25)26-10-14-4-5-17(21)18(22)7-14/h4-5,7-8,11,15H,6,9-10H2,1-3H3. The van der Waals surface area contributed by atoms with Gasteiger partial charge in [0.05, 0.1) is 6.20 Å². The number of aryl methyl sites for hydroxylation is 1. The zero-order chi connectivity index (χ0) is 18.4. The Morgan fingerprint density at radius 2 is 2.00 bits per heavy atom. The van der Waals surface area contributed by atoms with Gasteiger partial charge in [0.25, 0.3) is 5.88 Å². The average Bonchev–Trinajstić information content (AvgIpc) is 3.27. The summed E-state index contributed by atoms with van der Waals surface area (Å²) in [5.41, 5.74) is 3.83. The molecular formula is C20H21F2N3O. The molecule has 2 unspecified atom stereocenters. The van der Waals surface area contributed by atoms with Crippen LogP contribution in [0.2, 0.25) is 0 Å². The van der Waals surface area contributed by atoms with Crippen LogP contribution in [0, 0.1) is 37.3 Å². The van der Waals surface area contributed by atoms with Gasteiger partial charge in [0.1, 0.15) is 12.1 Å². The summed E-state index contributed by atoms with van der Waals surface area (Å²) in [6, 6.07) is 3.75. The van der Waals surface area contributed by atoms with Crippen LogP contribution in [0.4, 0.5) is 8.78 Å². The molecule has 1 aromatic carbocycles. The molecule has 4 rings (SSSR count). The van der Waals surface area contributed by atoms with Crippen LogP contribution in [-0.2, 0) is 13.2 Å². The van der Waals surface area contributed by atoms with Crippen LogP contribution in [0.5, 0.6) is 5.88 Å². The van der Waals surface area contributed by atoms with Crippen molar-refractivity contribution >= 4 is 10.9 Å². The number of fused-ring (bicyclic) bond motifs is 1. The lowest BCUT2D eigenvalue weighted by Crippen LogP contribution is -2.06. The molecular weight excluding hydrogens is 336 g/mol. The van der Waals surface area contributed by atoms with Crippen molar-refractivity contribution in [2.75, 3.05) is 0 Å². The molecule has 1 aliphatic carbocycles. The lowest BCUT2D eigenvalue weighted by atomic mass is 10.2. The van der Waals surface area contributed by atoms with Crippen LogP contribution >= 0.6 is 0 Å². The van der Waals surface area contributed by atoms with E-state index < -0.39 is 11.6 Å². The molecule has 0 saturated heterocycles. The van der Waals surface area contributed by atoms with Crippen molar-refractivity contribution in [3.05, 3.63) is 52.9 Å². The minimum Gasteiger partial charge on any atom is -0.470 e. The SMILES string of the molecule is Cc1c(C)n(CC2CC2C)c2c(OCc3ccc(F)c(F)c3)nncc12. The summed E-state index contributed by atoms with van der Waals surface area (Å²) in [7, 11) is 0. The van der Waals surface area contributed by atoms with Crippen LogP contribution in [0.3, 0.4) is 0 Å². The van der Waals surface area contributed by atoms with Gasteiger partial charge >= 0.3 is 0 Å². The van der Waals surface area contributed by atoms with E-state index in [1.165, 1.54) is 23.7 Å². The summed E-state index contributed by atoms with van der Waals surface area (Å²) in [4.78, 5) is 0. The highest BCUT2D eigenvalue weighted by molar-refractivity contribution is 5.88. The third kappa shape index (κ3) is 2.93. The Kier molecular flexibility index (Phi) is 4.13. The molecule has 0 amide bonds. The number of halogens is 2. The number of rotatable bonds is 5. The van der Waals surface area contributed by atoms with Crippen LogP contribution < -0.4 is 4.74 Å². The Balaban J connectivity index is 1.67. The molecule has 26 heavy (non-hydrogen) atoms. The first-order valence-electron chi connectivity index (χ1n) is 8.83. The highest BCUT2D eigenvalue weighted by Crippen LogP contribution is 2.41. The third-order valence-electron chi connectivity index (χ3n) is 5.47. The van der Waals surface area contributed by atoms with E-state index >= 15 is 0 Å². The van der Waals surface area contributed by atoms with Gasteiger partial charge in [-0.2, -0.15) is 5.10 Å². The second kappa shape index (κ2) is 6.34. The molecule has 136 valence electrons. The fourth-order valence-corrected chi connectivity index (χ4v) is 3.46. The van der Waals surface area contributed by atoms with E-state index in [0.717, 1.165) is 35.5 Å². The smallest absolute Gasteiger partial charge is 0.258 e. The van der Waals surface area contributed by atoms with Gasteiger partial charge in [-0.1, -0.05) is 13.0 Å². The fourth-order valence-electron chi connectivity index (χ4n) is 3.46. The number of benzene rings is 1. The number of hydrogen-bond acceptors (Lipinski definition) is 3. The Morgan fingerprint density at radius 3 is 2.69 bits per heavy atom. The second-order valence-corrected chi connectivity index (χ2v) is 7.24. The van der Waals surface area contributed by atoms with Gasteiger partial charge in [-0.05, 0) is 55.4 Å². The van der Waals surface area contributed by atoms with Crippen LogP contribution in [0.15, 0.2) is 24.4 Å². The van der Waals surface area contributed by atoms with Crippen molar-refractivity contribution in [2.24, 2.45) is 11.8 Å². The lowest BCUT2D eigenvalue weighted by molar-refractivity contribution is 0.292. The minimum absolute atomic E-state index is 0.105. The Bertz CT molecular complexity index is 983. The predicted molar refractivity (Wildman–Crippen MR) is 95.0 cm³/mol. The van der Waals surface area contributed by atoms with Gasteiger partial charge in [0.15, 0.2) is 11.6 Å². The van der Waals surface area contributed by atoms with Gasteiger partial charge in [-0.15, -0.1) is 5.10 Å². The molecule has 3 aromatic rings. The van der Waals surface area contributed by atoms with E-state index in [1.54, 1.807) is 6.20 Å². The number of nitrogens with zero attached hydrogens (tertiary/aromatic N) is 3. The van der Waals surface area contributed by atoms with Crippen LogP contribution in [-0.4, -0.2) is 14.8 Å². The maximum absolute atomic E-state index is 13.4. The van der Waals surface area contributed by atoms with E-state index in [2.05, 4.69) is 35.5 Å². The Morgan fingerprint density at radius 1 is 1.23 bits per heavy atom. The molecule has 1 saturated carbocycles. The summed E-state index contributed by atoms with van der Waals surface area (Å²) in [5.74, 6) is 0.101. The average molecular weight is 357 g/mol. The monoisotopic (exact) mass is 357 g/mol. The van der Waals surface area contributed by atoms with Gasteiger partial charge in [0.2, 0.25) is 0 Å². The largest absolute Gasteiger partial charge is 0.470 e. The molecule has 0 N–H and O–H groups in total. The van der Waals surface area contributed by atoms with E-state index in [1.807, 2.05) is 0 Å². The summed E-state index contributed by atoms with van der Waals surface area (Å²) >= 11 is 0. The van der Waals surface area contributed by atoms with Gasteiger partial charge in [-0.3, -0.25) is 0 Å². The Labute approximate surface area is 150 Å². The minimum atomic E-state index is -0.881. The van der Waals surface area contributed by atoms with Crippen molar-refractivity contribution < 1.29 is 13.5 Å². The molecule has 6 heteroatoms. The van der Waals surface area contributed by atoms with E-state index in [9.17, 15) is 8.78 Å². The maximum atomic E-state index is 13.4. The van der Waals surface area contributed by atoms with Crippen molar-refractivity contribution in [2.45, 2.75) is 40.3 Å². The van der Waals surface area contributed by atoms with Gasteiger partial charge < -0.3 is 9.30 Å². The molecule has 2 heterocycles. The summed E-state index contributed by atoms with van der Waals surface area (Å²) in [5, 5.41) is 9.24.